The van der Waals surface area contributed by atoms with Crippen LogP contribution in [0.3, 0.4) is 0 Å². The lowest BCUT2D eigenvalue weighted by atomic mass is 10.3. The molecular formula is C15H11BrFN5O2. The van der Waals surface area contributed by atoms with Crippen LogP contribution >= 0.6 is 15.9 Å². The fourth-order valence-corrected chi connectivity index (χ4v) is 2.19. The van der Waals surface area contributed by atoms with Crippen LogP contribution in [0.25, 0.3) is 5.82 Å². The van der Waals surface area contributed by atoms with Gasteiger partial charge in [0, 0.05) is 4.47 Å². The maximum atomic E-state index is 13.6. The SMILES string of the molecule is O=C(COc1ccc(Br)cc1F)Nc1ccc(-n2cncn2)nc1. The smallest absolute Gasteiger partial charge is 0.262 e. The van der Waals surface area contributed by atoms with Gasteiger partial charge in [0.15, 0.2) is 24.0 Å². The average molecular weight is 392 g/mol. The second-order valence-corrected chi connectivity index (χ2v) is 5.57. The minimum atomic E-state index is -0.545. The number of pyridine rings is 1. The molecule has 1 aromatic carbocycles. The minimum Gasteiger partial charge on any atom is -0.481 e. The van der Waals surface area contributed by atoms with Crippen molar-refractivity contribution in [2.75, 3.05) is 11.9 Å². The summed E-state index contributed by atoms with van der Waals surface area (Å²) < 4.78 is 20.8. The molecule has 2 aromatic heterocycles. The van der Waals surface area contributed by atoms with Gasteiger partial charge in [-0.25, -0.2) is 19.0 Å². The number of benzene rings is 1. The van der Waals surface area contributed by atoms with E-state index in [2.05, 4.69) is 36.3 Å². The standard InChI is InChI=1S/C15H11BrFN5O2/c16-10-1-3-13(12(17)5-10)24-7-15(23)21-11-2-4-14(19-6-11)22-9-18-8-20-22/h1-6,8-9H,7H2,(H,21,23). The first-order valence-corrected chi connectivity index (χ1v) is 7.60. The number of aromatic nitrogens is 4. The van der Waals surface area contributed by atoms with Crippen LogP contribution in [0.2, 0.25) is 0 Å². The van der Waals surface area contributed by atoms with Crippen molar-refractivity contribution in [1.82, 2.24) is 19.7 Å². The maximum Gasteiger partial charge on any atom is 0.262 e. The molecule has 0 spiro atoms. The minimum absolute atomic E-state index is 0.00741. The van der Waals surface area contributed by atoms with Crippen molar-refractivity contribution in [3.8, 4) is 11.6 Å². The first-order chi connectivity index (χ1) is 11.6. The molecule has 9 heteroatoms. The van der Waals surface area contributed by atoms with Crippen LogP contribution in [-0.4, -0.2) is 32.3 Å². The Labute approximate surface area is 144 Å². The Hall–Kier alpha value is -2.81. The quantitative estimate of drug-likeness (QED) is 0.722. The predicted octanol–water partition coefficient (Wildman–Crippen LogP) is 2.58. The molecule has 1 N–H and O–H groups in total. The van der Waals surface area contributed by atoms with Crippen molar-refractivity contribution >= 4 is 27.5 Å². The Morgan fingerprint density at radius 2 is 2.21 bits per heavy atom. The first kappa shape index (κ1) is 16.1. The third-order valence-electron chi connectivity index (χ3n) is 2.94. The molecule has 2 heterocycles. The molecule has 3 rings (SSSR count). The Morgan fingerprint density at radius 3 is 2.88 bits per heavy atom. The van der Waals surface area contributed by atoms with Gasteiger partial charge in [-0.2, -0.15) is 5.10 Å². The monoisotopic (exact) mass is 391 g/mol. The predicted molar refractivity (Wildman–Crippen MR) is 87.4 cm³/mol. The van der Waals surface area contributed by atoms with Gasteiger partial charge in [-0.3, -0.25) is 4.79 Å². The van der Waals surface area contributed by atoms with Crippen LogP contribution in [0.4, 0.5) is 10.1 Å². The van der Waals surface area contributed by atoms with Gasteiger partial charge in [0.05, 0.1) is 11.9 Å². The molecule has 0 saturated heterocycles. The zero-order valence-corrected chi connectivity index (χ0v) is 13.8. The molecule has 0 radical (unpaired) electrons. The summed E-state index contributed by atoms with van der Waals surface area (Å²) in [6.07, 6.45) is 4.40. The molecule has 0 aliphatic rings. The van der Waals surface area contributed by atoms with E-state index in [1.54, 1.807) is 18.2 Å². The number of rotatable bonds is 5. The highest BCUT2D eigenvalue weighted by atomic mass is 79.9. The average Bonchev–Trinajstić information content (AvgIpc) is 3.09. The molecule has 0 fully saturated rings. The number of halogens is 2. The molecule has 0 aliphatic carbocycles. The molecule has 0 saturated carbocycles. The third kappa shape index (κ3) is 3.93. The van der Waals surface area contributed by atoms with E-state index in [0.717, 1.165) is 0 Å². The van der Waals surface area contributed by atoms with E-state index >= 15 is 0 Å². The molecule has 24 heavy (non-hydrogen) atoms. The second-order valence-electron chi connectivity index (χ2n) is 4.66. The number of carbonyl (C=O) groups excluding carboxylic acids is 1. The van der Waals surface area contributed by atoms with Crippen LogP contribution < -0.4 is 10.1 Å². The van der Waals surface area contributed by atoms with Gasteiger partial charge in [0.2, 0.25) is 0 Å². The summed E-state index contributed by atoms with van der Waals surface area (Å²) in [6.45, 7) is -0.316. The van der Waals surface area contributed by atoms with Gasteiger partial charge < -0.3 is 10.1 Å². The summed E-state index contributed by atoms with van der Waals surface area (Å²) in [5, 5.41) is 6.56. The highest BCUT2D eigenvalue weighted by Gasteiger charge is 2.08. The maximum absolute atomic E-state index is 13.6. The van der Waals surface area contributed by atoms with Gasteiger partial charge in [0.25, 0.3) is 5.91 Å². The first-order valence-electron chi connectivity index (χ1n) is 6.80. The van der Waals surface area contributed by atoms with Gasteiger partial charge in [-0.1, -0.05) is 15.9 Å². The summed E-state index contributed by atoms with van der Waals surface area (Å²) in [5.74, 6) is -0.393. The Morgan fingerprint density at radius 1 is 1.33 bits per heavy atom. The molecule has 1 amide bonds. The molecule has 7 nitrogen and oxygen atoms in total. The highest BCUT2D eigenvalue weighted by Crippen LogP contribution is 2.21. The van der Waals surface area contributed by atoms with Gasteiger partial charge >= 0.3 is 0 Å². The number of ether oxygens (including phenoxy) is 1. The Balaban J connectivity index is 1.56. The molecule has 0 unspecified atom stereocenters. The molecular weight excluding hydrogens is 381 g/mol. The summed E-state index contributed by atoms with van der Waals surface area (Å²) in [5.41, 5.74) is 0.490. The van der Waals surface area contributed by atoms with Crippen LogP contribution in [0.15, 0.2) is 53.7 Å². The zero-order valence-electron chi connectivity index (χ0n) is 12.2. The van der Waals surface area contributed by atoms with Crippen molar-refractivity contribution in [1.29, 1.82) is 0 Å². The second kappa shape index (κ2) is 7.18. The van der Waals surface area contributed by atoms with Crippen molar-refractivity contribution in [2.24, 2.45) is 0 Å². The number of amides is 1. The lowest BCUT2D eigenvalue weighted by molar-refractivity contribution is -0.118. The fraction of sp³-hybridized carbons (Fsp3) is 0.0667. The number of anilines is 1. The number of nitrogens with one attached hydrogen (secondary N) is 1. The molecule has 122 valence electrons. The fourth-order valence-electron chi connectivity index (χ4n) is 1.85. The third-order valence-corrected chi connectivity index (χ3v) is 3.43. The van der Waals surface area contributed by atoms with Crippen molar-refractivity contribution in [3.05, 3.63) is 59.5 Å². The van der Waals surface area contributed by atoms with Crippen molar-refractivity contribution < 1.29 is 13.9 Å². The summed E-state index contributed by atoms with van der Waals surface area (Å²) >= 11 is 3.15. The lowest BCUT2D eigenvalue weighted by Crippen LogP contribution is -2.20. The van der Waals surface area contributed by atoms with Crippen molar-refractivity contribution in [2.45, 2.75) is 0 Å². The topological polar surface area (TPSA) is 81.9 Å². The summed E-state index contributed by atoms with van der Waals surface area (Å²) in [7, 11) is 0. The number of hydrogen-bond donors (Lipinski definition) is 1. The van der Waals surface area contributed by atoms with Gasteiger partial charge in [-0.05, 0) is 30.3 Å². The Kier molecular flexibility index (Phi) is 4.80. The molecule has 0 atom stereocenters. The summed E-state index contributed by atoms with van der Waals surface area (Å²) in [6, 6.07) is 7.69. The van der Waals surface area contributed by atoms with E-state index < -0.39 is 11.7 Å². The molecule has 3 aromatic rings. The van der Waals surface area contributed by atoms with Crippen LogP contribution in [0, 0.1) is 5.82 Å². The molecule has 0 aliphatic heterocycles. The number of hydrogen-bond acceptors (Lipinski definition) is 5. The van der Waals surface area contributed by atoms with Crippen LogP contribution in [0.1, 0.15) is 0 Å². The van der Waals surface area contributed by atoms with Crippen LogP contribution in [0.5, 0.6) is 5.75 Å². The highest BCUT2D eigenvalue weighted by molar-refractivity contribution is 9.10. The Bertz CT molecular complexity index is 840. The van der Waals surface area contributed by atoms with E-state index in [-0.39, 0.29) is 12.4 Å². The van der Waals surface area contributed by atoms with Gasteiger partial charge in [0.1, 0.15) is 12.7 Å². The van der Waals surface area contributed by atoms with E-state index in [1.807, 2.05) is 0 Å². The molecule has 0 bridgehead atoms. The van der Waals surface area contributed by atoms with E-state index in [9.17, 15) is 9.18 Å². The van der Waals surface area contributed by atoms with Gasteiger partial charge in [-0.15, -0.1) is 0 Å². The van der Waals surface area contributed by atoms with Crippen LogP contribution in [-0.2, 0) is 4.79 Å². The summed E-state index contributed by atoms with van der Waals surface area (Å²) in [4.78, 5) is 19.8. The van der Waals surface area contributed by atoms with E-state index in [4.69, 9.17) is 4.74 Å². The number of carbonyl (C=O) groups is 1. The normalized spacial score (nSPS) is 10.4. The number of nitrogens with zero attached hydrogens (tertiary/aromatic N) is 4. The largest absolute Gasteiger partial charge is 0.481 e. The zero-order chi connectivity index (χ0) is 16.9. The van der Waals surface area contributed by atoms with E-state index in [1.165, 1.54) is 35.7 Å². The van der Waals surface area contributed by atoms with Crippen molar-refractivity contribution in [3.63, 3.8) is 0 Å². The van der Waals surface area contributed by atoms with E-state index in [0.29, 0.717) is 16.0 Å². The lowest BCUT2D eigenvalue weighted by Gasteiger charge is -2.08.